The Morgan fingerprint density at radius 1 is 1.29 bits per heavy atom. The van der Waals surface area contributed by atoms with E-state index in [4.69, 9.17) is 5.84 Å². The topological polar surface area (TPSA) is 80.0 Å². The molecular formula is C16H20N4O. The lowest BCUT2D eigenvalue weighted by molar-refractivity contribution is 0.102. The van der Waals surface area contributed by atoms with Crippen molar-refractivity contribution in [2.45, 2.75) is 26.7 Å². The normalized spacial score (nSPS) is 10.2. The number of hydrogen-bond donors (Lipinski definition) is 3. The molecule has 0 spiro atoms. The number of anilines is 2. The number of aromatic nitrogens is 1. The van der Waals surface area contributed by atoms with Crippen molar-refractivity contribution in [1.29, 1.82) is 0 Å². The average molecular weight is 284 g/mol. The summed E-state index contributed by atoms with van der Waals surface area (Å²) in [5.41, 5.74) is 6.28. The summed E-state index contributed by atoms with van der Waals surface area (Å²) >= 11 is 0. The van der Waals surface area contributed by atoms with Crippen molar-refractivity contribution in [3.63, 3.8) is 0 Å². The number of carbonyl (C=O) groups excluding carboxylic acids is 1. The number of pyridine rings is 1. The van der Waals surface area contributed by atoms with Gasteiger partial charge in [0.25, 0.3) is 5.91 Å². The van der Waals surface area contributed by atoms with Crippen molar-refractivity contribution in [3.8, 4) is 0 Å². The highest BCUT2D eigenvalue weighted by atomic mass is 16.1. The fraction of sp³-hybridized carbons (Fsp3) is 0.250. The van der Waals surface area contributed by atoms with Crippen LogP contribution < -0.4 is 16.6 Å². The Morgan fingerprint density at radius 2 is 2.05 bits per heavy atom. The van der Waals surface area contributed by atoms with Crippen LogP contribution in [0.15, 0.2) is 36.5 Å². The number of nitrogen functional groups attached to an aromatic ring is 1. The Hall–Kier alpha value is -2.40. The first kappa shape index (κ1) is 15.0. The van der Waals surface area contributed by atoms with Crippen molar-refractivity contribution in [1.82, 2.24) is 4.98 Å². The Labute approximate surface area is 124 Å². The number of rotatable bonds is 5. The van der Waals surface area contributed by atoms with Crippen LogP contribution in [-0.4, -0.2) is 10.9 Å². The minimum absolute atomic E-state index is 0.223. The molecule has 5 heteroatoms. The van der Waals surface area contributed by atoms with Crippen LogP contribution in [0.25, 0.3) is 0 Å². The molecule has 1 aromatic heterocycles. The number of nitrogens with zero attached hydrogens (tertiary/aromatic N) is 1. The molecule has 4 N–H and O–H groups in total. The molecule has 0 aliphatic carbocycles. The van der Waals surface area contributed by atoms with Gasteiger partial charge in [-0.15, -0.1) is 0 Å². The standard InChI is InChI=1S/C16H20N4O/c1-3-6-12-7-4-5-8-14(12)19-16(21)13-10-18-11(2)9-15(13)20-17/h4-5,7-10H,3,6,17H2,1-2H3,(H,18,20)(H,19,21). The van der Waals surface area contributed by atoms with E-state index in [-0.39, 0.29) is 5.91 Å². The van der Waals surface area contributed by atoms with Crippen LogP contribution in [0.2, 0.25) is 0 Å². The molecule has 1 aromatic carbocycles. The van der Waals surface area contributed by atoms with Gasteiger partial charge in [-0.1, -0.05) is 31.5 Å². The van der Waals surface area contributed by atoms with Crippen molar-refractivity contribution in [2.24, 2.45) is 5.84 Å². The third kappa shape index (κ3) is 3.58. The van der Waals surface area contributed by atoms with E-state index in [0.29, 0.717) is 11.3 Å². The van der Waals surface area contributed by atoms with Crippen molar-refractivity contribution < 1.29 is 4.79 Å². The largest absolute Gasteiger partial charge is 0.323 e. The van der Waals surface area contributed by atoms with Gasteiger partial charge in [-0.25, -0.2) is 0 Å². The van der Waals surface area contributed by atoms with E-state index in [2.05, 4.69) is 22.7 Å². The first-order chi connectivity index (χ1) is 10.2. The number of nitrogens with one attached hydrogen (secondary N) is 2. The molecule has 1 amide bonds. The number of carbonyl (C=O) groups is 1. The SMILES string of the molecule is CCCc1ccccc1NC(=O)c1cnc(C)cc1NN. The van der Waals surface area contributed by atoms with Crippen LogP contribution >= 0.6 is 0 Å². The monoisotopic (exact) mass is 284 g/mol. The molecule has 110 valence electrons. The maximum absolute atomic E-state index is 12.4. The third-order valence-electron chi connectivity index (χ3n) is 3.23. The summed E-state index contributed by atoms with van der Waals surface area (Å²) in [6.07, 6.45) is 3.47. The Bertz CT molecular complexity index is 640. The molecule has 0 aliphatic heterocycles. The number of nitrogens with two attached hydrogens (primary N) is 1. The third-order valence-corrected chi connectivity index (χ3v) is 3.23. The zero-order valence-corrected chi connectivity index (χ0v) is 12.3. The molecule has 5 nitrogen and oxygen atoms in total. The second-order valence-electron chi connectivity index (χ2n) is 4.88. The van der Waals surface area contributed by atoms with E-state index in [1.54, 1.807) is 6.07 Å². The van der Waals surface area contributed by atoms with Gasteiger partial charge in [-0.3, -0.25) is 15.6 Å². The molecule has 0 saturated carbocycles. The maximum Gasteiger partial charge on any atom is 0.259 e. The summed E-state index contributed by atoms with van der Waals surface area (Å²) in [5.74, 6) is 5.25. The second kappa shape index (κ2) is 6.85. The molecule has 2 rings (SSSR count). The van der Waals surface area contributed by atoms with Gasteiger partial charge in [0.05, 0.1) is 11.3 Å². The van der Waals surface area contributed by atoms with E-state index >= 15 is 0 Å². The van der Waals surface area contributed by atoms with Crippen LogP contribution in [-0.2, 0) is 6.42 Å². The minimum Gasteiger partial charge on any atom is -0.323 e. The molecule has 2 aromatic rings. The highest BCUT2D eigenvalue weighted by molar-refractivity contribution is 6.08. The number of benzene rings is 1. The zero-order valence-electron chi connectivity index (χ0n) is 12.3. The summed E-state index contributed by atoms with van der Waals surface area (Å²) < 4.78 is 0. The Morgan fingerprint density at radius 3 is 2.76 bits per heavy atom. The van der Waals surface area contributed by atoms with Gasteiger partial charge in [0.2, 0.25) is 0 Å². The lowest BCUT2D eigenvalue weighted by atomic mass is 10.1. The van der Waals surface area contributed by atoms with Crippen LogP contribution in [0, 0.1) is 6.92 Å². The zero-order chi connectivity index (χ0) is 15.2. The number of aryl methyl sites for hydroxylation is 2. The number of amides is 1. The number of hydrazine groups is 1. The molecule has 21 heavy (non-hydrogen) atoms. The molecule has 0 saturated heterocycles. The van der Waals surface area contributed by atoms with Gasteiger partial charge in [0.1, 0.15) is 0 Å². The van der Waals surface area contributed by atoms with Crippen LogP contribution in [0.5, 0.6) is 0 Å². The Balaban J connectivity index is 2.26. The predicted molar refractivity (Wildman–Crippen MR) is 85.2 cm³/mol. The van der Waals surface area contributed by atoms with Gasteiger partial charge < -0.3 is 10.7 Å². The maximum atomic E-state index is 12.4. The summed E-state index contributed by atoms with van der Waals surface area (Å²) in [6, 6.07) is 9.55. The van der Waals surface area contributed by atoms with E-state index in [0.717, 1.165) is 29.8 Å². The minimum atomic E-state index is -0.223. The second-order valence-corrected chi connectivity index (χ2v) is 4.88. The van der Waals surface area contributed by atoms with Gasteiger partial charge in [0, 0.05) is 17.6 Å². The van der Waals surface area contributed by atoms with Gasteiger partial charge in [-0.2, -0.15) is 0 Å². The summed E-state index contributed by atoms with van der Waals surface area (Å²) in [6.45, 7) is 3.96. The molecule has 1 heterocycles. The molecular weight excluding hydrogens is 264 g/mol. The van der Waals surface area contributed by atoms with Crippen LogP contribution in [0.4, 0.5) is 11.4 Å². The fourth-order valence-corrected chi connectivity index (χ4v) is 2.18. The first-order valence-corrected chi connectivity index (χ1v) is 6.98. The lowest BCUT2D eigenvalue weighted by Gasteiger charge is -2.12. The van der Waals surface area contributed by atoms with Gasteiger partial charge in [0.15, 0.2) is 0 Å². The van der Waals surface area contributed by atoms with Crippen LogP contribution in [0.1, 0.15) is 35.0 Å². The molecule has 0 aliphatic rings. The molecule has 0 radical (unpaired) electrons. The summed E-state index contributed by atoms with van der Waals surface area (Å²) in [5, 5.41) is 2.93. The van der Waals surface area contributed by atoms with E-state index in [1.807, 2.05) is 31.2 Å². The summed E-state index contributed by atoms with van der Waals surface area (Å²) in [7, 11) is 0. The molecule has 0 unspecified atom stereocenters. The summed E-state index contributed by atoms with van der Waals surface area (Å²) in [4.78, 5) is 16.6. The Kier molecular flexibility index (Phi) is 4.90. The molecule has 0 atom stereocenters. The first-order valence-electron chi connectivity index (χ1n) is 6.98. The number of hydrogen-bond acceptors (Lipinski definition) is 4. The quantitative estimate of drug-likeness (QED) is 0.582. The highest BCUT2D eigenvalue weighted by Crippen LogP contribution is 2.20. The van der Waals surface area contributed by atoms with E-state index in [1.165, 1.54) is 6.20 Å². The highest BCUT2D eigenvalue weighted by Gasteiger charge is 2.13. The predicted octanol–water partition coefficient (Wildman–Crippen LogP) is 2.88. The average Bonchev–Trinajstić information content (AvgIpc) is 2.49. The van der Waals surface area contributed by atoms with Crippen molar-refractivity contribution in [3.05, 3.63) is 53.3 Å². The van der Waals surface area contributed by atoms with E-state index < -0.39 is 0 Å². The van der Waals surface area contributed by atoms with Crippen LogP contribution in [0.3, 0.4) is 0 Å². The van der Waals surface area contributed by atoms with E-state index in [9.17, 15) is 4.79 Å². The smallest absolute Gasteiger partial charge is 0.259 e. The van der Waals surface area contributed by atoms with Gasteiger partial charge in [-0.05, 0) is 31.0 Å². The molecule has 0 bridgehead atoms. The molecule has 0 fully saturated rings. The fourth-order valence-electron chi connectivity index (χ4n) is 2.18. The lowest BCUT2D eigenvalue weighted by Crippen LogP contribution is -2.18. The van der Waals surface area contributed by atoms with Crippen molar-refractivity contribution >= 4 is 17.3 Å². The van der Waals surface area contributed by atoms with Gasteiger partial charge >= 0.3 is 0 Å². The van der Waals surface area contributed by atoms with Crippen molar-refractivity contribution in [2.75, 3.05) is 10.7 Å². The number of para-hydroxylation sites is 1.